The normalized spacial score (nSPS) is 10.4. The van der Waals surface area contributed by atoms with Crippen LogP contribution in [0.15, 0.2) is 29.3 Å². The standard InChI is InChI=1S/C11H18N2O/c1-2-6-12-7-3-8-13-9-4-11(14)5-10-13/h4-5,9-10,12H,2-3,6-8H2,1H3. The minimum Gasteiger partial charge on any atom is -0.354 e. The molecule has 78 valence electrons. The lowest BCUT2D eigenvalue weighted by Gasteiger charge is -2.05. The van der Waals surface area contributed by atoms with Crippen molar-refractivity contribution < 1.29 is 0 Å². The van der Waals surface area contributed by atoms with E-state index in [1.807, 2.05) is 17.0 Å². The molecule has 14 heavy (non-hydrogen) atoms. The SMILES string of the molecule is CCCNCCCn1ccc(=O)cc1. The molecular formula is C11H18N2O. The van der Waals surface area contributed by atoms with E-state index in [-0.39, 0.29) is 5.43 Å². The summed E-state index contributed by atoms with van der Waals surface area (Å²) in [4.78, 5) is 10.8. The van der Waals surface area contributed by atoms with Gasteiger partial charge in [0.15, 0.2) is 5.43 Å². The Morgan fingerprint density at radius 1 is 1.29 bits per heavy atom. The summed E-state index contributed by atoms with van der Waals surface area (Å²) in [6.07, 6.45) is 5.95. The first kappa shape index (κ1) is 11.0. The Kier molecular flexibility index (Phi) is 5.00. The van der Waals surface area contributed by atoms with Gasteiger partial charge in [-0.2, -0.15) is 0 Å². The van der Waals surface area contributed by atoms with Gasteiger partial charge in [-0.3, -0.25) is 4.79 Å². The Morgan fingerprint density at radius 2 is 2.00 bits per heavy atom. The third kappa shape index (κ3) is 4.23. The fourth-order valence-electron chi connectivity index (χ4n) is 1.28. The third-order valence-electron chi connectivity index (χ3n) is 2.06. The van der Waals surface area contributed by atoms with Gasteiger partial charge >= 0.3 is 0 Å². The molecule has 0 atom stereocenters. The predicted molar refractivity (Wildman–Crippen MR) is 58.5 cm³/mol. The number of aryl methyl sites for hydroxylation is 1. The third-order valence-corrected chi connectivity index (χ3v) is 2.06. The lowest BCUT2D eigenvalue weighted by Crippen LogP contribution is -2.17. The van der Waals surface area contributed by atoms with Crippen LogP contribution < -0.4 is 10.7 Å². The molecule has 1 N–H and O–H groups in total. The van der Waals surface area contributed by atoms with Crippen molar-refractivity contribution in [2.75, 3.05) is 13.1 Å². The van der Waals surface area contributed by atoms with Crippen molar-refractivity contribution in [2.24, 2.45) is 0 Å². The van der Waals surface area contributed by atoms with Crippen molar-refractivity contribution in [3.63, 3.8) is 0 Å². The lowest BCUT2D eigenvalue weighted by molar-refractivity contribution is 0.576. The fraction of sp³-hybridized carbons (Fsp3) is 0.545. The zero-order valence-corrected chi connectivity index (χ0v) is 8.70. The lowest BCUT2D eigenvalue weighted by atomic mass is 10.3. The van der Waals surface area contributed by atoms with E-state index in [4.69, 9.17) is 0 Å². The molecule has 0 unspecified atom stereocenters. The topological polar surface area (TPSA) is 34.0 Å². The van der Waals surface area contributed by atoms with E-state index in [2.05, 4.69) is 12.2 Å². The summed E-state index contributed by atoms with van der Waals surface area (Å²) >= 11 is 0. The summed E-state index contributed by atoms with van der Waals surface area (Å²) in [6.45, 7) is 5.26. The van der Waals surface area contributed by atoms with E-state index in [1.165, 1.54) is 6.42 Å². The smallest absolute Gasteiger partial charge is 0.181 e. The highest BCUT2D eigenvalue weighted by atomic mass is 16.1. The molecule has 0 fully saturated rings. The van der Waals surface area contributed by atoms with E-state index in [0.29, 0.717) is 0 Å². The van der Waals surface area contributed by atoms with Crippen LogP contribution in [-0.2, 0) is 6.54 Å². The average molecular weight is 194 g/mol. The number of pyridine rings is 1. The fourth-order valence-corrected chi connectivity index (χ4v) is 1.28. The van der Waals surface area contributed by atoms with Crippen LogP contribution in [-0.4, -0.2) is 17.7 Å². The highest BCUT2D eigenvalue weighted by Crippen LogP contribution is 1.88. The summed E-state index contributed by atoms with van der Waals surface area (Å²) in [5, 5.41) is 3.34. The van der Waals surface area contributed by atoms with Crippen molar-refractivity contribution >= 4 is 0 Å². The highest BCUT2D eigenvalue weighted by molar-refractivity contribution is 4.93. The van der Waals surface area contributed by atoms with Crippen LogP contribution in [0.2, 0.25) is 0 Å². The maximum absolute atomic E-state index is 10.8. The van der Waals surface area contributed by atoms with E-state index in [1.54, 1.807) is 12.1 Å². The Morgan fingerprint density at radius 3 is 2.64 bits per heavy atom. The highest BCUT2D eigenvalue weighted by Gasteiger charge is 1.89. The molecule has 1 heterocycles. The molecule has 3 heteroatoms. The van der Waals surface area contributed by atoms with Crippen molar-refractivity contribution in [1.82, 2.24) is 9.88 Å². The molecule has 0 radical (unpaired) electrons. The first-order chi connectivity index (χ1) is 6.83. The number of hydrogen-bond donors (Lipinski definition) is 1. The van der Waals surface area contributed by atoms with Crippen molar-refractivity contribution in [3.8, 4) is 0 Å². The molecule has 0 saturated carbocycles. The molecule has 0 bridgehead atoms. The van der Waals surface area contributed by atoms with Crippen LogP contribution in [0.3, 0.4) is 0 Å². The largest absolute Gasteiger partial charge is 0.354 e. The zero-order chi connectivity index (χ0) is 10.2. The summed E-state index contributed by atoms with van der Waals surface area (Å²) in [7, 11) is 0. The summed E-state index contributed by atoms with van der Waals surface area (Å²) in [6, 6.07) is 3.19. The van der Waals surface area contributed by atoms with E-state index < -0.39 is 0 Å². The summed E-state index contributed by atoms with van der Waals surface area (Å²) in [5.41, 5.74) is 0.0744. The molecule has 1 aromatic rings. The quantitative estimate of drug-likeness (QED) is 0.691. The number of hydrogen-bond acceptors (Lipinski definition) is 2. The van der Waals surface area contributed by atoms with Gasteiger partial charge in [-0.25, -0.2) is 0 Å². The molecule has 0 aliphatic carbocycles. The van der Waals surface area contributed by atoms with Gasteiger partial charge in [0.2, 0.25) is 0 Å². The number of rotatable bonds is 6. The molecule has 0 aromatic carbocycles. The summed E-state index contributed by atoms with van der Waals surface area (Å²) < 4.78 is 2.04. The zero-order valence-electron chi connectivity index (χ0n) is 8.70. The van der Waals surface area contributed by atoms with Gasteiger partial charge in [-0.1, -0.05) is 6.92 Å². The minimum atomic E-state index is 0.0744. The number of aromatic nitrogens is 1. The van der Waals surface area contributed by atoms with Crippen LogP contribution >= 0.6 is 0 Å². The van der Waals surface area contributed by atoms with Crippen molar-refractivity contribution in [1.29, 1.82) is 0 Å². The van der Waals surface area contributed by atoms with Gasteiger partial charge in [-0.05, 0) is 25.9 Å². The second-order valence-electron chi connectivity index (χ2n) is 3.38. The van der Waals surface area contributed by atoms with Crippen LogP contribution in [0.4, 0.5) is 0 Å². The molecule has 0 amide bonds. The van der Waals surface area contributed by atoms with Crippen LogP contribution in [0, 0.1) is 0 Å². The van der Waals surface area contributed by atoms with Crippen LogP contribution in [0.5, 0.6) is 0 Å². The van der Waals surface area contributed by atoms with E-state index in [9.17, 15) is 4.79 Å². The molecule has 0 saturated heterocycles. The molecule has 0 aliphatic heterocycles. The minimum absolute atomic E-state index is 0.0744. The molecule has 3 nitrogen and oxygen atoms in total. The second kappa shape index (κ2) is 6.38. The predicted octanol–water partition coefficient (Wildman–Crippen LogP) is 1.24. The van der Waals surface area contributed by atoms with Gasteiger partial charge in [0.1, 0.15) is 0 Å². The Bertz CT molecular complexity index is 286. The molecule has 0 aliphatic rings. The Balaban J connectivity index is 2.18. The first-order valence-electron chi connectivity index (χ1n) is 5.19. The van der Waals surface area contributed by atoms with Crippen LogP contribution in [0.25, 0.3) is 0 Å². The molecular weight excluding hydrogens is 176 g/mol. The first-order valence-corrected chi connectivity index (χ1v) is 5.19. The maximum atomic E-state index is 10.8. The average Bonchev–Trinajstić information content (AvgIpc) is 2.21. The molecule has 1 rings (SSSR count). The van der Waals surface area contributed by atoms with Gasteiger partial charge < -0.3 is 9.88 Å². The Labute approximate surface area is 84.8 Å². The number of nitrogens with one attached hydrogen (secondary N) is 1. The summed E-state index contributed by atoms with van der Waals surface area (Å²) in [5.74, 6) is 0. The Hall–Kier alpha value is -1.09. The van der Waals surface area contributed by atoms with Crippen molar-refractivity contribution in [3.05, 3.63) is 34.7 Å². The maximum Gasteiger partial charge on any atom is 0.181 e. The van der Waals surface area contributed by atoms with E-state index in [0.717, 1.165) is 26.1 Å². The second-order valence-corrected chi connectivity index (χ2v) is 3.38. The van der Waals surface area contributed by atoms with Gasteiger partial charge in [-0.15, -0.1) is 0 Å². The monoisotopic (exact) mass is 194 g/mol. The van der Waals surface area contributed by atoms with Gasteiger partial charge in [0, 0.05) is 31.1 Å². The van der Waals surface area contributed by atoms with E-state index >= 15 is 0 Å². The van der Waals surface area contributed by atoms with Crippen molar-refractivity contribution in [2.45, 2.75) is 26.3 Å². The van der Waals surface area contributed by atoms with Gasteiger partial charge in [0.25, 0.3) is 0 Å². The molecule has 0 spiro atoms. The van der Waals surface area contributed by atoms with Crippen LogP contribution in [0.1, 0.15) is 19.8 Å². The number of nitrogens with zero attached hydrogens (tertiary/aromatic N) is 1. The molecule has 1 aromatic heterocycles. The van der Waals surface area contributed by atoms with Gasteiger partial charge in [0.05, 0.1) is 0 Å².